The number of amidine groups is 1. The Morgan fingerprint density at radius 1 is 1.35 bits per heavy atom. The quantitative estimate of drug-likeness (QED) is 0.342. The van der Waals surface area contributed by atoms with Gasteiger partial charge in [0.05, 0.1) is 0 Å². The molecule has 1 saturated heterocycles. The molecule has 1 aliphatic heterocycles. The van der Waals surface area contributed by atoms with Crippen molar-refractivity contribution < 1.29 is 10.0 Å². The zero-order chi connectivity index (χ0) is 14.4. The zero-order valence-corrected chi connectivity index (χ0v) is 12.0. The van der Waals surface area contributed by atoms with Crippen molar-refractivity contribution in [3.8, 4) is 0 Å². The summed E-state index contributed by atoms with van der Waals surface area (Å²) in [6, 6.07) is 6.69. The predicted octanol–water partition coefficient (Wildman–Crippen LogP) is 1.80. The molecule has 0 aliphatic carbocycles. The monoisotopic (exact) mass is 293 g/mol. The molecule has 2 rings (SSSR count). The van der Waals surface area contributed by atoms with E-state index in [1.54, 1.807) is 24.3 Å². The Labute approximate surface area is 122 Å². The van der Waals surface area contributed by atoms with Crippen molar-refractivity contribution >= 4 is 23.5 Å². The fourth-order valence-corrected chi connectivity index (χ4v) is 3.37. The van der Waals surface area contributed by atoms with Gasteiger partial charge in [0.2, 0.25) is 0 Å². The maximum Gasteiger partial charge on any atom is 0.251 e. The van der Waals surface area contributed by atoms with E-state index in [1.807, 2.05) is 11.8 Å². The van der Waals surface area contributed by atoms with Gasteiger partial charge in [-0.2, -0.15) is 11.8 Å². The van der Waals surface area contributed by atoms with Crippen LogP contribution >= 0.6 is 11.8 Å². The second kappa shape index (κ2) is 7.19. The second-order valence-corrected chi connectivity index (χ2v) is 6.17. The van der Waals surface area contributed by atoms with Crippen molar-refractivity contribution in [1.82, 2.24) is 5.32 Å². The van der Waals surface area contributed by atoms with E-state index in [9.17, 15) is 4.79 Å². The van der Waals surface area contributed by atoms with Gasteiger partial charge >= 0.3 is 0 Å². The van der Waals surface area contributed by atoms with Gasteiger partial charge in [-0.1, -0.05) is 23.7 Å². The van der Waals surface area contributed by atoms with Crippen LogP contribution in [0.25, 0.3) is 0 Å². The fourth-order valence-electron chi connectivity index (χ4n) is 2.13. The average Bonchev–Trinajstić information content (AvgIpc) is 2.53. The molecule has 0 saturated carbocycles. The lowest BCUT2D eigenvalue weighted by molar-refractivity contribution is 0.0953. The number of hydrogen-bond acceptors (Lipinski definition) is 4. The smallest absolute Gasteiger partial charge is 0.251 e. The van der Waals surface area contributed by atoms with E-state index in [-0.39, 0.29) is 11.7 Å². The first-order valence-corrected chi connectivity index (χ1v) is 7.73. The molecule has 0 bridgehead atoms. The van der Waals surface area contributed by atoms with E-state index < -0.39 is 0 Å². The van der Waals surface area contributed by atoms with Crippen LogP contribution in [-0.4, -0.2) is 34.5 Å². The largest absolute Gasteiger partial charge is 0.409 e. The molecule has 1 heterocycles. The number of nitrogens with zero attached hydrogens (tertiary/aromatic N) is 1. The van der Waals surface area contributed by atoms with Crippen LogP contribution in [0.5, 0.6) is 0 Å². The van der Waals surface area contributed by atoms with Gasteiger partial charge in [0, 0.05) is 22.9 Å². The number of thioether (sulfide) groups is 1. The van der Waals surface area contributed by atoms with E-state index in [2.05, 4.69) is 10.5 Å². The van der Waals surface area contributed by atoms with Gasteiger partial charge in [0.25, 0.3) is 5.91 Å². The third kappa shape index (κ3) is 3.90. The molecule has 0 aromatic heterocycles. The van der Waals surface area contributed by atoms with Crippen molar-refractivity contribution in [3.63, 3.8) is 0 Å². The number of oxime groups is 1. The maximum absolute atomic E-state index is 12.0. The van der Waals surface area contributed by atoms with Crippen LogP contribution in [0.1, 0.15) is 35.2 Å². The van der Waals surface area contributed by atoms with E-state index >= 15 is 0 Å². The molecule has 1 unspecified atom stereocenters. The summed E-state index contributed by atoms with van der Waals surface area (Å²) < 4.78 is 0. The third-order valence-electron chi connectivity index (χ3n) is 3.31. The molecule has 20 heavy (non-hydrogen) atoms. The highest BCUT2D eigenvalue weighted by Crippen LogP contribution is 2.24. The molecule has 1 atom stereocenters. The summed E-state index contributed by atoms with van der Waals surface area (Å²) >= 11 is 1.93. The van der Waals surface area contributed by atoms with Gasteiger partial charge in [0.1, 0.15) is 0 Å². The minimum absolute atomic E-state index is 0.0376. The van der Waals surface area contributed by atoms with Gasteiger partial charge < -0.3 is 16.3 Å². The Hall–Kier alpha value is -1.69. The van der Waals surface area contributed by atoms with Crippen molar-refractivity contribution in [3.05, 3.63) is 35.4 Å². The summed E-state index contributed by atoms with van der Waals surface area (Å²) in [6.45, 7) is 0.714. The van der Waals surface area contributed by atoms with Crippen LogP contribution in [0, 0.1) is 0 Å². The zero-order valence-electron chi connectivity index (χ0n) is 11.2. The number of hydrogen-bond donors (Lipinski definition) is 3. The van der Waals surface area contributed by atoms with Gasteiger partial charge in [-0.15, -0.1) is 0 Å². The van der Waals surface area contributed by atoms with Crippen molar-refractivity contribution in [2.45, 2.75) is 24.5 Å². The van der Waals surface area contributed by atoms with Crippen LogP contribution in [-0.2, 0) is 0 Å². The summed E-state index contributed by atoms with van der Waals surface area (Å²) in [7, 11) is 0. The first-order chi connectivity index (χ1) is 9.70. The SMILES string of the molecule is N/C(=N/O)c1ccc(C(=O)NCC2CCCCS2)cc1. The molecule has 108 valence electrons. The molecule has 1 amide bonds. The molecule has 1 aliphatic rings. The van der Waals surface area contributed by atoms with Crippen LogP contribution < -0.4 is 11.1 Å². The first-order valence-electron chi connectivity index (χ1n) is 6.68. The number of nitrogens with two attached hydrogens (primary N) is 1. The number of nitrogens with one attached hydrogen (secondary N) is 1. The lowest BCUT2D eigenvalue weighted by Gasteiger charge is -2.21. The third-order valence-corrected chi connectivity index (χ3v) is 4.71. The van der Waals surface area contributed by atoms with Gasteiger partial charge in [0.15, 0.2) is 5.84 Å². The Balaban J connectivity index is 1.88. The molecule has 1 fully saturated rings. The summed E-state index contributed by atoms with van der Waals surface area (Å²) in [6.07, 6.45) is 3.71. The average molecular weight is 293 g/mol. The minimum atomic E-state index is -0.0813. The molecule has 0 spiro atoms. The standard InChI is InChI=1S/C14H19N3O2S/c15-13(17-19)10-4-6-11(7-5-10)14(18)16-9-12-3-1-2-8-20-12/h4-7,12,19H,1-3,8-9H2,(H2,15,17)(H,16,18). The highest BCUT2D eigenvalue weighted by molar-refractivity contribution is 7.99. The van der Waals surface area contributed by atoms with E-state index in [4.69, 9.17) is 10.9 Å². The molecule has 0 radical (unpaired) electrons. The van der Waals surface area contributed by atoms with Crippen LogP contribution in [0.3, 0.4) is 0 Å². The maximum atomic E-state index is 12.0. The molecular weight excluding hydrogens is 274 g/mol. The van der Waals surface area contributed by atoms with Crippen molar-refractivity contribution in [1.29, 1.82) is 0 Å². The number of amides is 1. The minimum Gasteiger partial charge on any atom is -0.409 e. The summed E-state index contributed by atoms with van der Waals surface area (Å²) in [4.78, 5) is 12.0. The lowest BCUT2D eigenvalue weighted by atomic mass is 10.1. The molecule has 4 N–H and O–H groups in total. The Kier molecular flexibility index (Phi) is 5.29. The Morgan fingerprint density at radius 3 is 2.65 bits per heavy atom. The lowest BCUT2D eigenvalue weighted by Crippen LogP contribution is -2.31. The van der Waals surface area contributed by atoms with Gasteiger partial charge in [-0.05, 0) is 30.7 Å². The highest BCUT2D eigenvalue weighted by atomic mass is 32.2. The molecular formula is C14H19N3O2S. The van der Waals surface area contributed by atoms with E-state index in [1.165, 1.54) is 25.0 Å². The van der Waals surface area contributed by atoms with Crippen LogP contribution in [0.2, 0.25) is 0 Å². The van der Waals surface area contributed by atoms with Gasteiger partial charge in [-0.25, -0.2) is 0 Å². The number of carbonyl (C=O) groups is 1. The van der Waals surface area contributed by atoms with E-state index in [0.29, 0.717) is 22.9 Å². The molecule has 5 nitrogen and oxygen atoms in total. The first kappa shape index (κ1) is 14.7. The normalized spacial score (nSPS) is 19.6. The highest BCUT2D eigenvalue weighted by Gasteiger charge is 2.15. The molecule has 1 aromatic carbocycles. The summed E-state index contributed by atoms with van der Waals surface area (Å²) in [5, 5.41) is 15.0. The second-order valence-electron chi connectivity index (χ2n) is 4.76. The van der Waals surface area contributed by atoms with Crippen LogP contribution in [0.4, 0.5) is 0 Å². The van der Waals surface area contributed by atoms with Crippen LogP contribution in [0.15, 0.2) is 29.4 Å². The van der Waals surface area contributed by atoms with E-state index in [0.717, 1.165) is 0 Å². The number of benzene rings is 1. The topological polar surface area (TPSA) is 87.7 Å². The van der Waals surface area contributed by atoms with Gasteiger partial charge in [-0.3, -0.25) is 4.79 Å². The molecule has 1 aromatic rings. The Morgan fingerprint density at radius 2 is 2.05 bits per heavy atom. The number of carbonyl (C=O) groups excluding carboxylic acids is 1. The number of rotatable bonds is 4. The predicted molar refractivity (Wildman–Crippen MR) is 81.4 cm³/mol. The fraction of sp³-hybridized carbons (Fsp3) is 0.429. The Bertz CT molecular complexity index is 482. The summed E-state index contributed by atoms with van der Waals surface area (Å²) in [5.41, 5.74) is 6.65. The van der Waals surface area contributed by atoms with Crippen molar-refractivity contribution in [2.75, 3.05) is 12.3 Å². The summed E-state index contributed by atoms with van der Waals surface area (Å²) in [5.74, 6) is 1.15. The molecule has 6 heteroatoms. The van der Waals surface area contributed by atoms with Crippen molar-refractivity contribution in [2.24, 2.45) is 10.9 Å².